The van der Waals surface area contributed by atoms with E-state index in [-0.39, 0.29) is 0 Å². The minimum atomic E-state index is 0.386. The smallest absolute Gasteiger partial charge is 0.164 e. The lowest BCUT2D eigenvalue weighted by molar-refractivity contribution is 0.351. The predicted octanol–water partition coefficient (Wildman–Crippen LogP) is 2.30. The third-order valence-electron chi connectivity index (χ3n) is 3.21. The third-order valence-corrected chi connectivity index (χ3v) is 3.21. The van der Waals surface area contributed by atoms with Crippen molar-refractivity contribution in [1.82, 2.24) is 5.32 Å². The summed E-state index contributed by atoms with van der Waals surface area (Å²) >= 11 is 0. The second-order valence-electron chi connectivity index (χ2n) is 4.15. The summed E-state index contributed by atoms with van der Waals surface area (Å²) in [5, 5.41) is 3.49. The van der Waals surface area contributed by atoms with Crippen LogP contribution in [-0.4, -0.2) is 20.8 Å². The second kappa shape index (κ2) is 4.74. The molecule has 0 saturated carbocycles. The summed E-state index contributed by atoms with van der Waals surface area (Å²) in [4.78, 5) is 0. The van der Waals surface area contributed by atoms with E-state index in [0.717, 1.165) is 30.9 Å². The number of hydrogen-bond acceptors (Lipinski definition) is 3. The first kappa shape index (κ1) is 11.3. The van der Waals surface area contributed by atoms with E-state index < -0.39 is 0 Å². The summed E-state index contributed by atoms with van der Waals surface area (Å²) in [6, 6.07) is 4.51. The molecular weight excluding hydrogens is 202 g/mol. The van der Waals surface area contributed by atoms with Gasteiger partial charge >= 0.3 is 0 Å². The van der Waals surface area contributed by atoms with Crippen LogP contribution in [-0.2, 0) is 6.42 Å². The molecule has 1 aromatic carbocycles. The number of ether oxygens (including phenoxy) is 2. The van der Waals surface area contributed by atoms with Gasteiger partial charge in [0.25, 0.3) is 0 Å². The minimum Gasteiger partial charge on any atom is -0.493 e. The maximum Gasteiger partial charge on any atom is 0.164 e. The zero-order valence-electron chi connectivity index (χ0n) is 10.2. The molecule has 0 unspecified atom stereocenters. The van der Waals surface area contributed by atoms with Crippen LogP contribution < -0.4 is 14.8 Å². The number of hydrogen-bond donors (Lipinski definition) is 1. The average molecular weight is 221 g/mol. The van der Waals surface area contributed by atoms with Crippen molar-refractivity contribution in [1.29, 1.82) is 0 Å². The van der Waals surface area contributed by atoms with Crippen LogP contribution in [0.4, 0.5) is 0 Å². The van der Waals surface area contributed by atoms with Gasteiger partial charge in [0.1, 0.15) is 0 Å². The molecule has 1 aromatic rings. The van der Waals surface area contributed by atoms with Crippen LogP contribution >= 0.6 is 0 Å². The van der Waals surface area contributed by atoms with Crippen molar-refractivity contribution in [2.75, 3.05) is 20.8 Å². The Labute approximate surface area is 96.8 Å². The molecule has 3 heteroatoms. The molecule has 1 aliphatic rings. The van der Waals surface area contributed by atoms with Crippen LogP contribution in [0.1, 0.15) is 30.5 Å². The Kier molecular flexibility index (Phi) is 3.34. The topological polar surface area (TPSA) is 30.5 Å². The van der Waals surface area contributed by atoms with Gasteiger partial charge < -0.3 is 14.8 Å². The highest BCUT2D eigenvalue weighted by molar-refractivity contribution is 5.52. The van der Waals surface area contributed by atoms with Gasteiger partial charge in [0.05, 0.1) is 14.2 Å². The Morgan fingerprint density at radius 3 is 2.75 bits per heavy atom. The zero-order chi connectivity index (χ0) is 11.5. The van der Waals surface area contributed by atoms with E-state index in [9.17, 15) is 0 Å². The Balaban J connectivity index is 2.52. The highest BCUT2D eigenvalue weighted by atomic mass is 16.5. The summed E-state index contributed by atoms with van der Waals surface area (Å²) in [7, 11) is 3.39. The van der Waals surface area contributed by atoms with E-state index >= 15 is 0 Å². The Hall–Kier alpha value is -1.22. The molecule has 0 saturated heterocycles. The van der Waals surface area contributed by atoms with Gasteiger partial charge in [-0.3, -0.25) is 0 Å². The normalized spacial score (nSPS) is 19.8. The summed E-state index contributed by atoms with van der Waals surface area (Å²) in [6.07, 6.45) is 2.19. The van der Waals surface area contributed by atoms with E-state index in [1.165, 1.54) is 11.1 Å². The molecule has 3 nitrogen and oxygen atoms in total. The molecule has 0 radical (unpaired) electrons. The number of rotatable bonds is 2. The second-order valence-corrected chi connectivity index (χ2v) is 4.15. The Morgan fingerprint density at radius 2 is 2.06 bits per heavy atom. The van der Waals surface area contributed by atoms with Crippen molar-refractivity contribution in [3.63, 3.8) is 0 Å². The fraction of sp³-hybridized carbons (Fsp3) is 0.538. The van der Waals surface area contributed by atoms with E-state index in [1.54, 1.807) is 14.2 Å². The van der Waals surface area contributed by atoms with Crippen LogP contribution in [0.15, 0.2) is 12.1 Å². The lowest BCUT2D eigenvalue weighted by Gasteiger charge is -2.18. The van der Waals surface area contributed by atoms with Crippen LogP contribution in [0, 0.1) is 0 Å². The Morgan fingerprint density at radius 1 is 1.25 bits per heavy atom. The van der Waals surface area contributed by atoms with Crippen molar-refractivity contribution in [3.05, 3.63) is 23.3 Å². The largest absolute Gasteiger partial charge is 0.493 e. The van der Waals surface area contributed by atoms with Crippen LogP contribution in [0.5, 0.6) is 11.5 Å². The standard InChI is InChI=1S/C13H19NO2/c1-9-10-6-7-12(15-2)13(16-3)11(10)5-4-8-14-9/h6-7,9,14H,4-5,8H2,1-3H3/t9-/m0/s1. The highest BCUT2D eigenvalue weighted by Crippen LogP contribution is 2.37. The molecule has 0 aliphatic carbocycles. The van der Waals surface area contributed by atoms with Crippen molar-refractivity contribution < 1.29 is 9.47 Å². The van der Waals surface area contributed by atoms with Gasteiger partial charge in [-0.05, 0) is 37.9 Å². The lowest BCUT2D eigenvalue weighted by Crippen LogP contribution is -2.17. The fourth-order valence-corrected chi connectivity index (χ4v) is 2.36. The van der Waals surface area contributed by atoms with E-state index in [2.05, 4.69) is 18.3 Å². The molecule has 0 bridgehead atoms. The van der Waals surface area contributed by atoms with Crippen molar-refractivity contribution in [2.24, 2.45) is 0 Å². The number of nitrogens with one attached hydrogen (secondary N) is 1. The summed E-state index contributed by atoms with van der Waals surface area (Å²) < 4.78 is 10.8. The van der Waals surface area contributed by atoms with E-state index in [0.29, 0.717) is 6.04 Å². The summed E-state index contributed by atoms with van der Waals surface area (Å²) in [6.45, 7) is 3.25. The molecule has 2 rings (SSSR count). The molecule has 0 spiro atoms. The summed E-state index contributed by atoms with van der Waals surface area (Å²) in [5.74, 6) is 1.73. The Bertz CT molecular complexity index is 376. The summed E-state index contributed by atoms with van der Waals surface area (Å²) in [5.41, 5.74) is 2.62. The monoisotopic (exact) mass is 221 g/mol. The first-order valence-corrected chi connectivity index (χ1v) is 5.75. The molecule has 16 heavy (non-hydrogen) atoms. The maximum atomic E-state index is 5.49. The molecule has 1 heterocycles. The van der Waals surface area contributed by atoms with E-state index in [4.69, 9.17) is 9.47 Å². The van der Waals surface area contributed by atoms with Gasteiger partial charge in [-0.2, -0.15) is 0 Å². The van der Waals surface area contributed by atoms with Crippen molar-refractivity contribution in [3.8, 4) is 11.5 Å². The van der Waals surface area contributed by atoms with Gasteiger partial charge in [0, 0.05) is 11.6 Å². The lowest BCUT2D eigenvalue weighted by atomic mass is 9.98. The molecule has 1 N–H and O–H groups in total. The van der Waals surface area contributed by atoms with Gasteiger partial charge in [-0.25, -0.2) is 0 Å². The molecule has 1 atom stereocenters. The zero-order valence-corrected chi connectivity index (χ0v) is 10.2. The molecule has 0 aromatic heterocycles. The van der Waals surface area contributed by atoms with Gasteiger partial charge in [-0.1, -0.05) is 6.07 Å². The first-order chi connectivity index (χ1) is 7.77. The predicted molar refractivity (Wildman–Crippen MR) is 64.3 cm³/mol. The van der Waals surface area contributed by atoms with Crippen LogP contribution in [0.3, 0.4) is 0 Å². The SMILES string of the molecule is COc1ccc2c(c1OC)CCCN[C@H]2C. The highest BCUT2D eigenvalue weighted by Gasteiger charge is 2.20. The molecule has 88 valence electrons. The van der Waals surface area contributed by atoms with Gasteiger partial charge in [0.15, 0.2) is 11.5 Å². The van der Waals surface area contributed by atoms with Gasteiger partial charge in [-0.15, -0.1) is 0 Å². The average Bonchev–Trinajstić information content (AvgIpc) is 2.50. The van der Waals surface area contributed by atoms with E-state index in [1.807, 2.05) is 6.07 Å². The third kappa shape index (κ3) is 1.87. The first-order valence-electron chi connectivity index (χ1n) is 5.75. The van der Waals surface area contributed by atoms with Crippen LogP contribution in [0.2, 0.25) is 0 Å². The van der Waals surface area contributed by atoms with Crippen molar-refractivity contribution in [2.45, 2.75) is 25.8 Å². The number of methoxy groups -OCH3 is 2. The number of benzene rings is 1. The van der Waals surface area contributed by atoms with Crippen LogP contribution in [0.25, 0.3) is 0 Å². The molecule has 0 amide bonds. The van der Waals surface area contributed by atoms with Gasteiger partial charge in [0.2, 0.25) is 0 Å². The van der Waals surface area contributed by atoms with Crippen molar-refractivity contribution >= 4 is 0 Å². The fourth-order valence-electron chi connectivity index (χ4n) is 2.36. The molecular formula is C13H19NO2. The number of fused-ring (bicyclic) bond motifs is 1. The molecule has 0 fully saturated rings. The quantitative estimate of drug-likeness (QED) is 0.831. The maximum absolute atomic E-state index is 5.49. The molecule has 1 aliphatic heterocycles. The minimum absolute atomic E-state index is 0.386.